The SMILES string of the molecule is O=C(N1CCOC(c2ccc(F)cc2)C1)C12CC3CC(CC(C3)C1)C2. The van der Waals surface area contributed by atoms with Crippen molar-refractivity contribution < 1.29 is 13.9 Å². The molecule has 4 saturated carbocycles. The predicted octanol–water partition coefficient (Wildman–Crippen LogP) is 3.94. The van der Waals surface area contributed by atoms with Crippen LogP contribution in [0.15, 0.2) is 24.3 Å². The molecule has 1 atom stereocenters. The third-order valence-corrected chi connectivity index (χ3v) is 7.09. The molecular weight excluding hydrogens is 317 g/mol. The molecule has 1 unspecified atom stereocenters. The van der Waals surface area contributed by atoms with Gasteiger partial charge in [-0.25, -0.2) is 4.39 Å². The Balaban J connectivity index is 1.34. The fourth-order valence-electron chi connectivity index (χ4n) is 6.42. The minimum atomic E-state index is -0.235. The van der Waals surface area contributed by atoms with Gasteiger partial charge in [0.1, 0.15) is 11.9 Å². The first-order valence-electron chi connectivity index (χ1n) is 9.78. The van der Waals surface area contributed by atoms with Crippen LogP contribution in [0.3, 0.4) is 0 Å². The number of rotatable bonds is 2. The van der Waals surface area contributed by atoms with E-state index in [1.54, 1.807) is 12.1 Å². The number of morpholine rings is 1. The molecule has 0 N–H and O–H groups in total. The molecule has 4 bridgehead atoms. The Morgan fingerprint density at radius 2 is 1.64 bits per heavy atom. The van der Waals surface area contributed by atoms with Gasteiger partial charge in [0.05, 0.1) is 18.6 Å². The summed E-state index contributed by atoms with van der Waals surface area (Å²) in [5.41, 5.74) is 0.879. The van der Waals surface area contributed by atoms with Crippen LogP contribution < -0.4 is 0 Å². The van der Waals surface area contributed by atoms with Crippen molar-refractivity contribution >= 4 is 5.91 Å². The van der Waals surface area contributed by atoms with E-state index in [2.05, 4.69) is 0 Å². The van der Waals surface area contributed by atoms with Crippen molar-refractivity contribution in [3.8, 4) is 0 Å². The minimum absolute atomic E-state index is 0.0839. The standard InChI is InChI=1S/C21H26FNO2/c22-18-3-1-17(2-4-18)19-13-23(5-6-25-19)20(24)21-10-14-7-15(11-21)9-16(8-14)12-21/h1-4,14-16,19H,5-13H2. The van der Waals surface area contributed by atoms with Gasteiger partial charge in [0.2, 0.25) is 5.91 Å². The first kappa shape index (κ1) is 15.8. The fraction of sp³-hybridized carbons (Fsp3) is 0.667. The molecule has 1 aromatic rings. The summed E-state index contributed by atoms with van der Waals surface area (Å²) < 4.78 is 19.1. The second-order valence-corrected chi connectivity index (χ2v) is 8.86. The normalized spacial score (nSPS) is 39.6. The Morgan fingerprint density at radius 3 is 2.24 bits per heavy atom. The molecule has 0 radical (unpaired) electrons. The molecule has 4 aliphatic carbocycles. The summed E-state index contributed by atoms with van der Waals surface area (Å²) in [5.74, 6) is 2.49. The number of amides is 1. The predicted molar refractivity (Wildman–Crippen MR) is 92.3 cm³/mol. The van der Waals surface area contributed by atoms with E-state index in [-0.39, 0.29) is 17.3 Å². The molecule has 5 fully saturated rings. The van der Waals surface area contributed by atoms with E-state index in [9.17, 15) is 9.18 Å². The third-order valence-electron chi connectivity index (χ3n) is 7.09. The van der Waals surface area contributed by atoms with Gasteiger partial charge in [-0.2, -0.15) is 0 Å². The van der Waals surface area contributed by atoms with Crippen LogP contribution >= 0.6 is 0 Å². The molecule has 6 rings (SSSR count). The van der Waals surface area contributed by atoms with E-state index in [0.717, 1.165) is 42.6 Å². The number of ether oxygens (including phenoxy) is 1. The summed E-state index contributed by atoms with van der Waals surface area (Å²) in [7, 11) is 0. The van der Waals surface area contributed by atoms with Crippen LogP contribution in [0.4, 0.5) is 4.39 Å². The maximum atomic E-state index is 13.5. The maximum Gasteiger partial charge on any atom is 0.228 e. The molecule has 5 aliphatic rings. The average molecular weight is 343 g/mol. The van der Waals surface area contributed by atoms with Crippen molar-refractivity contribution in [1.82, 2.24) is 4.90 Å². The topological polar surface area (TPSA) is 29.5 Å². The summed E-state index contributed by atoms with van der Waals surface area (Å²) in [4.78, 5) is 15.5. The van der Waals surface area contributed by atoms with Gasteiger partial charge in [0.15, 0.2) is 0 Å². The van der Waals surface area contributed by atoms with E-state index in [4.69, 9.17) is 4.74 Å². The Bertz CT molecular complexity index is 636. The lowest BCUT2D eigenvalue weighted by molar-refractivity contribution is -0.164. The largest absolute Gasteiger partial charge is 0.370 e. The molecule has 25 heavy (non-hydrogen) atoms. The first-order chi connectivity index (χ1) is 12.1. The number of hydrogen-bond donors (Lipinski definition) is 0. The van der Waals surface area contributed by atoms with Crippen molar-refractivity contribution in [2.45, 2.75) is 44.6 Å². The van der Waals surface area contributed by atoms with Crippen molar-refractivity contribution in [3.05, 3.63) is 35.6 Å². The van der Waals surface area contributed by atoms with E-state index >= 15 is 0 Å². The zero-order chi connectivity index (χ0) is 17.0. The highest BCUT2D eigenvalue weighted by atomic mass is 19.1. The smallest absolute Gasteiger partial charge is 0.228 e. The number of carbonyl (C=O) groups excluding carboxylic acids is 1. The lowest BCUT2D eigenvalue weighted by atomic mass is 9.49. The maximum absolute atomic E-state index is 13.5. The highest BCUT2D eigenvalue weighted by Crippen LogP contribution is 2.60. The summed E-state index contributed by atoms with van der Waals surface area (Å²) in [6.07, 6.45) is 7.26. The van der Waals surface area contributed by atoms with Gasteiger partial charge in [0, 0.05) is 6.54 Å². The van der Waals surface area contributed by atoms with Crippen LogP contribution in [0, 0.1) is 29.0 Å². The molecule has 0 aromatic heterocycles. The van der Waals surface area contributed by atoms with Gasteiger partial charge in [0.25, 0.3) is 0 Å². The van der Waals surface area contributed by atoms with Crippen LogP contribution in [-0.4, -0.2) is 30.5 Å². The lowest BCUT2D eigenvalue weighted by Crippen LogP contribution is -2.56. The monoisotopic (exact) mass is 343 g/mol. The van der Waals surface area contributed by atoms with E-state index in [0.29, 0.717) is 25.6 Å². The highest BCUT2D eigenvalue weighted by Gasteiger charge is 2.55. The zero-order valence-electron chi connectivity index (χ0n) is 14.6. The Kier molecular flexibility index (Phi) is 3.67. The van der Waals surface area contributed by atoms with Crippen LogP contribution in [0.5, 0.6) is 0 Å². The van der Waals surface area contributed by atoms with Gasteiger partial charge in [-0.15, -0.1) is 0 Å². The van der Waals surface area contributed by atoms with E-state index in [1.807, 2.05) is 4.90 Å². The van der Waals surface area contributed by atoms with Crippen molar-refractivity contribution in [1.29, 1.82) is 0 Å². The summed E-state index contributed by atoms with van der Waals surface area (Å²) >= 11 is 0. The molecule has 134 valence electrons. The van der Waals surface area contributed by atoms with Crippen molar-refractivity contribution in [2.24, 2.45) is 23.2 Å². The molecule has 1 saturated heterocycles. The number of hydrogen-bond acceptors (Lipinski definition) is 2. The van der Waals surface area contributed by atoms with Gasteiger partial charge in [-0.05, 0) is 74.0 Å². The van der Waals surface area contributed by atoms with Crippen molar-refractivity contribution in [3.63, 3.8) is 0 Å². The van der Waals surface area contributed by atoms with Gasteiger partial charge in [-0.3, -0.25) is 4.79 Å². The van der Waals surface area contributed by atoms with Gasteiger partial charge < -0.3 is 9.64 Å². The first-order valence-corrected chi connectivity index (χ1v) is 9.78. The quantitative estimate of drug-likeness (QED) is 0.814. The highest BCUT2D eigenvalue weighted by molar-refractivity contribution is 5.83. The Labute approximate surface area is 148 Å². The molecule has 1 aliphatic heterocycles. The minimum Gasteiger partial charge on any atom is -0.370 e. The molecule has 4 heteroatoms. The molecule has 3 nitrogen and oxygen atoms in total. The lowest BCUT2D eigenvalue weighted by Gasteiger charge is -2.57. The van der Waals surface area contributed by atoms with E-state index < -0.39 is 0 Å². The summed E-state index contributed by atoms with van der Waals surface area (Å²) in [6, 6.07) is 6.49. The molecule has 1 aromatic carbocycles. The third kappa shape index (κ3) is 2.69. The Morgan fingerprint density at radius 1 is 1.04 bits per heavy atom. The summed E-state index contributed by atoms with van der Waals surface area (Å²) in [6.45, 7) is 1.87. The second-order valence-electron chi connectivity index (χ2n) is 8.86. The molecule has 1 heterocycles. The number of nitrogens with zero attached hydrogens (tertiary/aromatic N) is 1. The fourth-order valence-corrected chi connectivity index (χ4v) is 6.42. The van der Waals surface area contributed by atoms with Crippen LogP contribution in [0.2, 0.25) is 0 Å². The Hall–Kier alpha value is -1.42. The molecular formula is C21H26FNO2. The number of halogens is 1. The van der Waals surface area contributed by atoms with Crippen LogP contribution in [-0.2, 0) is 9.53 Å². The summed E-state index contributed by atoms with van der Waals surface area (Å²) in [5, 5.41) is 0. The van der Waals surface area contributed by atoms with Crippen molar-refractivity contribution in [2.75, 3.05) is 19.7 Å². The van der Waals surface area contributed by atoms with Gasteiger partial charge >= 0.3 is 0 Å². The van der Waals surface area contributed by atoms with Crippen LogP contribution in [0.1, 0.15) is 50.2 Å². The zero-order valence-corrected chi connectivity index (χ0v) is 14.6. The molecule has 1 amide bonds. The van der Waals surface area contributed by atoms with E-state index in [1.165, 1.54) is 31.4 Å². The van der Waals surface area contributed by atoms with Gasteiger partial charge in [-0.1, -0.05) is 12.1 Å². The average Bonchev–Trinajstić information content (AvgIpc) is 2.61. The second kappa shape index (κ2) is 5.80. The van der Waals surface area contributed by atoms with Crippen LogP contribution in [0.25, 0.3) is 0 Å². The number of carbonyl (C=O) groups is 1. The number of benzene rings is 1. The molecule has 0 spiro atoms.